The molecule has 2 rings (SSSR count). The fourth-order valence-electron chi connectivity index (χ4n) is 2.11. The lowest BCUT2D eigenvalue weighted by Crippen LogP contribution is -2.20. The van der Waals surface area contributed by atoms with E-state index in [0.29, 0.717) is 22.4 Å². The lowest BCUT2D eigenvalue weighted by molar-refractivity contribution is 0.0619. The zero-order valence-electron chi connectivity index (χ0n) is 10.1. The van der Waals surface area contributed by atoms with Crippen molar-refractivity contribution < 1.29 is 14.6 Å². The molecule has 0 amide bonds. The van der Waals surface area contributed by atoms with Crippen molar-refractivity contribution in [1.29, 1.82) is 0 Å². The Kier molecular flexibility index (Phi) is 3.79. The van der Waals surface area contributed by atoms with Crippen LogP contribution < -0.4 is 9.47 Å². The number of hydrogen-bond donors (Lipinski definition) is 1. The Morgan fingerprint density at radius 3 is 2.29 bits per heavy atom. The molecule has 0 aliphatic heterocycles. The molecule has 17 heavy (non-hydrogen) atoms. The first kappa shape index (κ1) is 12.5. The van der Waals surface area contributed by atoms with Gasteiger partial charge in [-0.3, -0.25) is 0 Å². The number of rotatable bonds is 4. The summed E-state index contributed by atoms with van der Waals surface area (Å²) in [5.74, 6) is 1.51. The largest absolute Gasteiger partial charge is 0.493 e. The summed E-state index contributed by atoms with van der Waals surface area (Å²) in [6, 6.07) is 3.46. The maximum absolute atomic E-state index is 10.2. The van der Waals surface area contributed by atoms with Gasteiger partial charge in [0.2, 0.25) is 0 Å². The summed E-state index contributed by atoms with van der Waals surface area (Å²) in [6.07, 6.45) is 2.81. The minimum Gasteiger partial charge on any atom is -0.493 e. The van der Waals surface area contributed by atoms with Crippen molar-refractivity contribution in [2.45, 2.75) is 25.4 Å². The highest BCUT2D eigenvalue weighted by Gasteiger charge is 2.29. The number of methoxy groups -OCH3 is 2. The highest BCUT2D eigenvalue weighted by atomic mass is 35.5. The molecule has 0 saturated heterocycles. The first-order valence-corrected chi connectivity index (χ1v) is 6.14. The van der Waals surface area contributed by atoms with E-state index in [-0.39, 0.29) is 0 Å². The van der Waals surface area contributed by atoms with E-state index in [1.165, 1.54) is 6.42 Å². The van der Waals surface area contributed by atoms with Crippen LogP contribution in [0.4, 0.5) is 0 Å². The lowest BCUT2D eigenvalue weighted by Gasteiger charge is -2.31. The van der Waals surface area contributed by atoms with Crippen LogP contribution in [0.1, 0.15) is 30.9 Å². The van der Waals surface area contributed by atoms with Crippen LogP contribution in [-0.4, -0.2) is 19.3 Å². The van der Waals surface area contributed by atoms with Crippen LogP contribution in [-0.2, 0) is 0 Å². The summed E-state index contributed by atoms with van der Waals surface area (Å²) >= 11 is 6.16. The van der Waals surface area contributed by atoms with Crippen molar-refractivity contribution in [2.75, 3.05) is 14.2 Å². The van der Waals surface area contributed by atoms with Crippen molar-refractivity contribution in [3.8, 4) is 11.5 Å². The summed E-state index contributed by atoms with van der Waals surface area (Å²) in [4.78, 5) is 0. The van der Waals surface area contributed by atoms with E-state index in [1.807, 2.05) is 0 Å². The van der Waals surface area contributed by atoms with Crippen molar-refractivity contribution in [1.82, 2.24) is 0 Å². The van der Waals surface area contributed by atoms with Gasteiger partial charge in [-0.1, -0.05) is 18.0 Å². The molecule has 0 heterocycles. The van der Waals surface area contributed by atoms with Crippen LogP contribution in [0.3, 0.4) is 0 Å². The van der Waals surface area contributed by atoms with Gasteiger partial charge in [0.1, 0.15) is 0 Å². The summed E-state index contributed by atoms with van der Waals surface area (Å²) in [7, 11) is 3.14. The van der Waals surface area contributed by atoms with E-state index in [9.17, 15) is 5.11 Å². The molecule has 0 aromatic heterocycles. The minimum atomic E-state index is -0.504. The fourth-order valence-corrected chi connectivity index (χ4v) is 2.37. The Bertz CT molecular complexity index is 402. The number of hydrogen-bond acceptors (Lipinski definition) is 3. The maximum atomic E-state index is 10.2. The molecule has 1 unspecified atom stereocenters. The van der Waals surface area contributed by atoms with Crippen LogP contribution in [0.25, 0.3) is 0 Å². The monoisotopic (exact) mass is 256 g/mol. The smallest absolute Gasteiger partial charge is 0.162 e. The zero-order valence-corrected chi connectivity index (χ0v) is 10.8. The van der Waals surface area contributed by atoms with Gasteiger partial charge in [-0.25, -0.2) is 0 Å². The van der Waals surface area contributed by atoms with Crippen molar-refractivity contribution >= 4 is 11.6 Å². The van der Waals surface area contributed by atoms with E-state index in [0.717, 1.165) is 18.4 Å². The number of aliphatic hydroxyl groups is 1. The summed E-state index contributed by atoms with van der Waals surface area (Å²) < 4.78 is 10.4. The molecule has 94 valence electrons. The Morgan fingerprint density at radius 2 is 1.82 bits per heavy atom. The van der Waals surface area contributed by atoms with Crippen LogP contribution in [0.5, 0.6) is 11.5 Å². The van der Waals surface area contributed by atoms with Crippen LogP contribution in [0.2, 0.25) is 5.02 Å². The molecule has 1 aliphatic rings. The second kappa shape index (κ2) is 5.15. The first-order chi connectivity index (χ1) is 8.17. The molecule has 1 aromatic carbocycles. The van der Waals surface area contributed by atoms with Gasteiger partial charge in [0, 0.05) is 11.6 Å². The number of halogens is 1. The highest BCUT2D eigenvalue weighted by Crippen LogP contribution is 2.43. The Morgan fingerprint density at radius 1 is 1.24 bits per heavy atom. The van der Waals surface area contributed by atoms with Gasteiger partial charge in [-0.05, 0) is 24.8 Å². The van der Waals surface area contributed by atoms with Gasteiger partial charge >= 0.3 is 0 Å². The molecule has 1 N–H and O–H groups in total. The third kappa shape index (κ3) is 2.35. The standard InChI is InChI=1S/C13H17ClO3/c1-16-11-6-9(10(14)7-12(11)17-2)13(15)8-4-3-5-8/h6-8,13,15H,3-5H2,1-2H3. The predicted octanol–water partition coefficient (Wildman–Crippen LogP) is 3.19. The first-order valence-electron chi connectivity index (χ1n) is 5.77. The SMILES string of the molecule is COc1cc(Cl)c(C(O)C2CCC2)cc1OC. The van der Waals surface area contributed by atoms with Gasteiger partial charge in [0.25, 0.3) is 0 Å². The average molecular weight is 257 g/mol. The average Bonchev–Trinajstić information content (AvgIpc) is 2.26. The summed E-state index contributed by atoms with van der Waals surface area (Å²) in [6.45, 7) is 0. The normalized spacial score (nSPS) is 17.4. The van der Waals surface area contributed by atoms with Gasteiger partial charge in [-0.2, -0.15) is 0 Å². The lowest BCUT2D eigenvalue weighted by atomic mass is 9.79. The molecule has 1 saturated carbocycles. The van der Waals surface area contributed by atoms with Crippen molar-refractivity contribution in [3.05, 3.63) is 22.7 Å². The molecular weight excluding hydrogens is 240 g/mol. The maximum Gasteiger partial charge on any atom is 0.162 e. The number of benzene rings is 1. The fraction of sp³-hybridized carbons (Fsp3) is 0.538. The Balaban J connectivity index is 2.32. The molecule has 0 spiro atoms. The quantitative estimate of drug-likeness (QED) is 0.899. The molecule has 1 aromatic rings. The molecular formula is C13H17ClO3. The second-order valence-electron chi connectivity index (χ2n) is 4.36. The third-order valence-electron chi connectivity index (χ3n) is 3.42. The molecule has 1 atom stereocenters. The highest BCUT2D eigenvalue weighted by molar-refractivity contribution is 6.31. The summed E-state index contributed by atoms with van der Waals surface area (Å²) in [5.41, 5.74) is 0.731. The van der Waals surface area contributed by atoms with Crippen molar-refractivity contribution in [2.24, 2.45) is 5.92 Å². The Hall–Kier alpha value is -0.930. The minimum absolute atomic E-state index is 0.325. The molecule has 1 aliphatic carbocycles. The van der Waals surface area contributed by atoms with Gasteiger partial charge < -0.3 is 14.6 Å². The number of aliphatic hydroxyl groups excluding tert-OH is 1. The van der Waals surface area contributed by atoms with E-state index >= 15 is 0 Å². The molecule has 0 bridgehead atoms. The van der Waals surface area contributed by atoms with E-state index < -0.39 is 6.10 Å². The topological polar surface area (TPSA) is 38.7 Å². The Labute approximate surface area is 106 Å². The van der Waals surface area contributed by atoms with Crippen LogP contribution >= 0.6 is 11.6 Å². The number of ether oxygens (including phenoxy) is 2. The van der Waals surface area contributed by atoms with Crippen molar-refractivity contribution in [3.63, 3.8) is 0 Å². The molecule has 3 nitrogen and oxygen atoms in total. The van der Waals surface area contributed by atoms with Gasteiger partial charge in [0.15, 0.2) is 11.5 Å². The second-order valence-corrected chi connectivity index (χ2v) is 4.77. The van der Waals surface area contributed by atoms with E-state index in [2.05, 4.69) is 0 Å². The van der Waals surface area contributed by atoms with Gasteiger partial charge in [-0.15, -0.1) is 0 Å². The van der Waals surface area contributed by atoms with E-state index in [4.69, 9.17) is 21.1 Å². The predicted molar refractivity (Wildman–Crippen MR) is 66.9 cm³/mol. The zero-order chi connectivity index (χ0) is 12.4. The molecule has 1 fully saturated rings. The third-order valence-corrected chi connectivity index (χ3v) is 3.75. The van der Waals surface area contributed by atoms with Crippen LogP contribution in [0.15, 0.2) is 12.1 Å². The molecule has 4 heteroatoms. The molecule has 0 radical (unpaired) electrons. The van der Waals surface area contributed by atoms with Gasteiger partial charge in [0.05, 0.1) is 25.3 Å². The summed E-state index contributed by atoms with van der Waals surface area (Å²) in [5, 5.41) is 10.8. The van der Waals surface area contributed by atoms with Crippen LogP contribution in [0, 0.1) is 5.92 Å². The van der Waals surface area contributed by atoms with E-state index in [1.54, 1.807) is 26.4 Å².